The number of anilines is 1. The molecule has 17 heavy (non-hydrogen) atoms. The SMILES string of the molecule is Cc1sc(N)nc1-c1cc(Br)cc2c1OCC2. The van der Waals surface area contributed by atoms with Crippen LogP contribution in [0.2, 0.25) is 0 Å². The van der Waals surface area contributed by atoms with Crippen LogP contribution in [0.5, 0.6) is 5.75 Å². The number of halogens is 1. The Labute approximate surface area is 112 Å². The number of thiazole rings is 1. The number of aromatic nitrogens is 1. The van der Waals surface area contributed by atoms with E-state index in [2.05, 4.69) is 27.0 Å². The lowest BCUT2D eigenvalue weighted by molar-refractivity contribution is 0.358. The van der Waals surface area contributed by atoms with Gasteiger partial charge in [-0.15, -0.1) is 11.3 Å². The van der Waals surface area contributed by atoms with E-state index in [1.807, 2.05) is 13.0 Å². The highest BCUT2D eigenvalue weighted by Crippen LogP contribution is 2.41. The van der Waals surface area contributed by atoms with Gasteiger partial charge in [-0.2, -0.15) is 0 Å². The molecule has 1 aromatic carbocycles. The van der Waals surface area contributed by atoms with Gasteiger partial charge in [-0.1, -0.05) is 15.9 Å². The second kappa shape index (κ2) is 3.99. The van der Waals surface area contributed by atoms with E-state index in [1.54, 1.807) is 0 Å². The van der Waals surface area contributed by atoms with Crippen molar-refractivity contribution in [2.45, 2.75) is 13.3 Å². The first-order chi connectivity index (χ1) is 8.15. The number of ether oxygens (including phenoxy) is 1. The normalized spacial score (nSPS) is 13.5. The van der Waals surface area contributed by atoms with Gasteiger partial charge in [0.25, 0.3) is 0 Å². The van der Waals surface area contributed by atoms with Crippen molar-refractivity contribution < 1.29 is 4.74 Å². The standard InChI is InChI=1S/C12H11BrN2OS/c1-6-10(15-12(14)17-6)9-5-8(13)4-7-2-3-16-11(7)9/h4-5H,2-3H2,1H3,(H2,14,15). The Bertz CT molecular complexity index is 594. The van der Waals surface area contributed by atoms with Crippen LogP contribution in [0.25, 0.3) is 11.3 Å². The third-order valence-electron chi connectivity index (χ3n) is 2.82. The summed E-state index contributed by atoms with van der Waals surface area (Å²) >= 11 is 5.04. The number of nitrogen functional groups attached to an aromatic ring is 1. The number of hydrogen-bond acceptors (Lipinski definition) is 4. The number of fused-ring (bicyclic) bond motifs is 1. The molecule has 0 bridgehead atoms. The minimum atomic E-state index is 0.601. The summed E-state index contributed by atoms with van der Waals surface area (Å²) < 4.78 is 6.76. The predicted octanol–water partition coefficient (Wildman–Crippen LogP) is 3.40. The van der Waals surface area contributed by atoms with Gasteiger partial charge in [0.1, 0.15) is 5.75 Å². The molecule has 5 heteroatoms. The number of aryl methyl sites for hydroxylation is 1. The Morgan fingerprint density at radius 2 is 2.29 bits per heavy atom. The number of benzene rings is 1. The van der Waals surface area contributed by atoms with E-state index in [9.17, 15) is 0 Å². The molecule has 3 rings (SSSR count). The fourth-order valence-electron chi connectivity index (χ4n) is 2.11. The first-order valence-electron chi connectivity index (χ1n) is 5.33. The zero-order valence-electron chi connectivity index (χ0n) is 9.29. The molecule has 0 atom stereocenters. The fourth-order valence-corrected chi connectivity index (χ4v) is 3.32. The number of nitrogens with zero attached hydrogens (tertiary/aromatic N) is 1. The summed E-state index contributed by atoms with van der Waals surface area (Å²) in [5, 5.41) is 0.601. The van der Waals surface area contributed by atoms with Crippen molar-refractivity contribution in [3.63, 3.8) is 0 Å². The van der Waals surface area contributed by atoms with Gasteiger partial charge >= 0.3 is 0 Å². The topological polar surface area (TPSA) is 48.1 Å². The highest BCUT2D eigenvalue weighted by Gasteiger charge is 2.21. The molecule has 0 spiro atoms. The van der Waals surface area contributed by atoms with Crippen LogP contribution in [0.3, 0.4) is 0 Å². The molecular weight excluding hydrogens is 300 g/mol. The lowest BCUT2D eigenvalue weighted by Crippen LogP contribution is -1.90. The van der Waals surface area contributed by atoms with E-state index in [0.717, 1.165) is 39.4 Å². The first kappa shape index (κ1) is 11.0. The molecule has 0 saturated heterocycles. The van der Waals surface area contributed by atoms with Crippen molar-refractivity contribution in [3.05, 3.63) is 27.0 Å². The van der Waals surface area contributed by atoms with Crippen molar-refractivity contribution in [2.75, 3.05) is 12.3 Å². The summed E-state index contributed by atoms with van der Waals surface area (Å²) in [5.41, 5.74) is 8.97. The molecule has 88 valence electrons. The van der Waals surface area contributed by atoms with E-state index >= 15 is 0 Å². The summed E-state index contributed by atoms with van der Waals surface area (Å²) in [6.07, 6.45) is 0.959. The molecule has 3 nitrogen and oxygen atoms in total. The Balaban J connectivity index is 2.24. The van der Waals surface area contributed by atoms with Gasteiger partial charge in [0.05, 0.1) is 12.3 Å². The molecule has 2 N–H and O–H groups in total. The van der Waals surface area contributed by atoms with Crippen molar-refractivity contribution in [1.82, 2.24) is 4.98 Å². The summed E-state index contributed by atoms with van der Waals surface area (Å²) in [5.74, 6) is 0.960. The lowest BCUT2D eigenvalue weighted by atomic mass is 10.1. The molecule has 1 aromatic heterocycles. The van der Waals surface area contributed by atoms with Crippen molar-refractivity contribution in [1.29, 1.82) is 0 Å². The minimum Gasteiger partial charge on any atom is -0.492 e. The molecule has 0 saturated carbocycles. The van der Waals surface area contributed by atoms with Gasteiger partial charge in [0.2, 0.25) is 0 Å². The maximum absolute atomic E-state index is 5.75. The molecule has 2 heterocycles. The van der Waals surface area contributed by atoms with Gasteiger partial charge in [-0.3, -0.25) is 0 Å². The fraction of sp³-hybridized carbons (Fsp3) is 0.250. The molecule has 0 unspecified atom stereocenters. The molecule has 0 amide bonds. The molecule has 2 aromatic rings. The number of nitrogens with two attached hydrogens (primary N) is 1. The Morgan fingerprint density at radius 3 is 3.00 bits per heavy atom. The average molecular weight is 311 g/mol. The third kappa shape index (κ3) is 1.83. The summed E-state index contributed by atoms with van der Waals surface area (Å²) in [6, 6.07) is 4.16. The van der Waals surface area contributed by atoms with E-state index in [1.165, 1.54) is 16.9 Å². The maximum atomic E-state index is 5.75. The highest BCUT2D eigenvalue weighted by atomic mass is 79.9. The first-order valence-corrected chi connectivity index (χ1v) is 6.94. The van der Waals surface area contributed by atoms with Crippen LogP contribution in [-0.2, 0) is 6.42 Å². The van der Waals surface area contributed by atoms with Gasteiger partial charge in [0.15, 0.2) is 5.13 Å². The van der Waals surface area contributed by atoms with Gasteiger partial charge < -0.3 is 10.5 Å². The second-order valence-electron chi connectivity index (χ2n) is 4.00. The predicted molar refractivity (Wildman–Crippen MR) is 73.6 cm³/mol. The zero-order valence-corrected chi connectivity index (χ0v) is 11.7. The Morgan fingerprint density at radius 1 is 1.47 bits per heavy atom. The van der Waals surface area contributed by atoms with Crippen LogP contribution in [0.15, 0.2) is 16.6 Å². The highest BCUT2D eigenvalue weighted by molar-refractivity contribution is 9.10. The van der Waals surface area contributed by atoms with Gasteiger partial charge in [0, 0.05) is 21.3 Å². The molecule has 0 radical (unpaired) electrons. The van der Waals surface area contributed by atoms with Crippen LogP contribution in [0.4, 0.5) is 5.13 Å². The molecular formula is C12H11BrN2OS. The quantitative estimate of drug-likeness (QED) is 0.878. The van der Waals surface area contributed by atoms with Crippen molar-refractivity contribution in [2.24, 2.45) is 0 Å². The number of hydrogen-bond donors (Lipinski definition) is 1. The summed E-state index contributed by atoms with van der Waals surface area (Å²) in [7, 11) is 0. The molecule has 1 aliphatic heterocycles. The van der Waals surface area contributed by atoms with E-state index < -0.39 is 0 Å². The zero-order chi connectivity index (χ0) is 12.0. The molecule has 0 aliphatic carbocycles. The van der Waals surface area contributed by atoms with Crippen molar-refractivity contribution in [3.8, 4) is 17.0 Å². The van der Waals surface area contributed by atoms with Crippen LogP contribution in [0, 0.1) is 6.92 Å². The van der Waals surface area contributed by atoms with E-state index in [0.29, 0.717) is 5.13 Å². The van der Waals surface area contributed by atoms with Crippen LogP contribution < -0.4 is 10.5 Å². The van der Waals surface area contributed by atoms with E-state index in [4.69, 9.17) is 10.5 Å². The van der Waals surface area contributed by atoms with Crippen LogP contribution in [0.1, 0.15) is 10.4 Å². The lowest BCUT2D eigenvalue weighted by Gasteiger charge is -2.07. The maximum Gasteiger partial charge on any atom is 0.180 e. The van der Waals surface area contributed by atoms with Crippen LogP contribution >= 0.6 is 27.3 Å². The van der Waals surface area contributed by atoms with Gasteiger partial charge in [-0.25, -0.2) is 4.98 Å². The monoisotopic (exact) mass is 310 g/mol. The summed E-state index contributed by atoms with van der Waals surface area (Å²) in [4.78, 5) is 5.52. The Hall–Kier alpha value is -1.07. The van der Waals surface area contributed by atoms with Gasteiger partial charge in [-0.05, 0) is 24.6 Å². The van der Waals surface area contributed by atoms with Crippen molar-refractivity contribution >= 4 is 32.4 Å². The average Bonchev–Trinajstić information content (AvgIpc) is 2.83. The largest absolute Gasteiger partial charge is 0.492 e. The van der Waals surface area contributed by atoms with Crippen LogP contribution in [-0.4, -0.2) is 11.6 Å². The summed E-state index contributed by atoms with van der Waals surface area (Å²) in [6.45, 7) is 2.78. The molecule has 0 fully saturated rings. The Kier molecular flexibility index (Phi) is 2.60. The third-order valence-corrected chi connectivity index (χ3v) is 4.07. The molecule has 1 aliphatic rings. The van der Waals surface area contributed by atoms with E-state index in [-0.39, 0.29) is 0 Å². The number of rotatable bonds is 1. The minimum absolute atomic E-state index is 0.601. The second-order valence-corrected chi connectivity index (χ2v) is 6.15. The smallest absolute Gasteiger partial charge is 0.180 e.